The van der Waals surface area contributed by atoms with Gasteiger partial charge in [0.05, 0.1) is 5.60 Å². The zero-order chi connectivity index (χ0) is 17.7. The van der Waals surface area contributed by atoms with E-state index in [0.717, 1.165) is 37.7 Å². The van der Waals surface area contributed by atoms with Gasteiger partial charge in [0.1, 0.15) is 6.61 Å². The van der Waals surface area contributed by atoms with Gasteiger partial charge in [-0.15, -0.1) is 0 Å². The van der Waals surface area contributed by atoms with Crippen molar-refractivity contribution in [2.75, 3.05) is 13.7 Å². The summed E-state index contributed by atoms with van der Waals surface area (Å²) in [7, 11) is 1.68. The van der Waals surface area contributed by atoms with Crippen molar-refractivity contribution in [3.63, 3.8) is 0 Å². The molecule has 5 nitrogen and oxygen atoms in total. The summed E-state index contributed by atoms with van der Waals surface area (Å²) in [6.45, 7) is 0.966. The number of nitrogens with zero attached hydrogens (tertiary/aromatic N) is 1. The summed E-state index contributed by atoms with van der Waals surface area (Å²) < 4.78 is 10.7. The minimum absolute atomic E-state index is 0.0864. The van der Waals surface area contributed by atoms with Crippen molar-refractivity contribution in [1.82, 2.24) is 4.90 Å². The number of amides is 1. The lowest BCUT2D eigenvalue weighted by atomic mass is 9.74. The van der Waals surface area contributed by atoms with Crippen molar-refractivity contribution >= 4 is 6.09 Å². The highest BCUT2D eigenvalue weighted by atomic mass is 16.6. The first-order chi connectivity index (χ1) is 12.1. The average Bonchev–Trinajstić information content (AvgIpc) is 2.60. The van der Waals surface area contributed by atoms with E-state index in [4.69, 9.17) is 9.47 Å². The Bertz CT molecular complexity index is 548. The first kappa shape index (κ1) is 18.2. The van der Waals surface area contributed by atoms with Gasteiger partial charge < -0.3 is 19.5 Å². The van der Waals surface area contributed by atoms with Crippen LogP contribution in [-0.4, -0.2) is 47.5 Å². The molecule has 3 rings (SSSR count). The molecule has 5 heteroatoms. The SMILES string of the molecule is COCCCC1(O)CC2CCCC(C1)N2C(=O)OCc1ccccc1. The van der Waals surface area contributed by atoms with Crippen LogP contribution in [0.25, 0.3) is 0 Å². The molecule has 138 valence electrons. The van der Waals surface area contributed by atoms with E-state index in [2.05, 4.69) is 0 Å². The molecule has 1 N–H and O–H groups in total. The second-order valence-corrected chi connectivity index (χ2v) is 7.41. The Kier molecular flexibility index (Phi) is 5.97. The third-order valence-electron chi connectivity index (χ3n) is 5.50. The maximum atomic E-state index is 12.7. The molecule has 0 spiro atoms. The Morgan fingerprint density at radius 2 is 1.92 bits per heavy atom. The Morgan fingerprint density at radius 1 is 1.24 bits per heavy atom. The largest absolute Gasteiger partial charge is 0.445 e. The number of aliphatic hydroxyl groups is 1. The summed E-state index contributed by atoms with van der Waals surface area (Å²) in [6, 6.07) is 9.92. The van der Waals surface area contributed by atoms with Crippen molar-refractivity contribution in [1.29, 1.82) is 0 Å². The molecular formula is C20H29NO4. The monoisotopic (exact) mass is 347 g/mol. The second-order valence-electron chi connectivity index (χ2n) is 7.41. The standard InChI is InChI=1S/C20H29NO4/c1-24-12-6-11-20(23)13-17-9-5-10-18(14-20)21(17)19(22)25-15-16-7-3-2-4-8-16/h2-4,7-8,17-18,23H,5-6,9-15H2,1H3. The molecule has 2 fully saturated rings. The van der Waals surface area contributed by atoms with Crippen LogP contribution < -0.4 is 0 Å². The fourth-order valence-corrected chi connectivity index (χ4v) is 4.37. The molecule has 2 aliphatic heterocycles. The molecule has 25 heavy (non-hydrogen) atoms. The third kappa shape index (κ3) is 4.53. The summed E-state index contributed by atoms with van der Waals surface area (Å²) in [6.07, 6.45) is 5.66. The number of piperidine rings is 2. The van der Waals surface area contributed by atoms with Crippen LogP contribution in [0.4, 0.5) is 4.79 Å². The number of fused-ring (bicyclic) bond motifs is 2. The Morgan fingerprint density at radius 3 is 2.56 bits per heavy atom. The van der Waals surface area contributed by atoms with E-state index in [9.17, 15) is 9.90 Å². The predicted molar refractivity (Wildman–Crippen MR) is 95.2 cm³/mol. The van der Waals surface area contributed by atoms with Crippen LogP contribution in [0.5, 0.6) is 0 Å². The van der Waals surface area contributed by atoms with Gasteiger partial charge in [0.25, 0.3) is 0 Å². The van der Waals surface area contributed by atoms with Gasteiger partial charge >= 0.3 is 6.09 Å². The molecule has 1 aromatic carbocycles. The highest BCUT2D eigenvalue weighted by Crippen LogP contribution is 2.41. The van der Waals surface area contributed by atoms with Crippen LogP contribution in [0.3, 0.4) is 0 Å². The van der Waals surface area contributed by atoms with Crippen molar-refractivity contribution < 1.29 is 19.4 Å². The molecular weight excluding hydrogens is 318 g/mol. The summed E-state index contributed by atoms with van der Waals surface area (Å²) in [5, 5.41) is 11.0. The van der Waals surface area contributed by atoms with Crippen LogP contribution in [0.1, 0.15) is 50.5 Å². The van der Waals surface area contributed by atoms with Gasteiger partial charge in [0, 0.05) is 25.8 Å². The second kappa shape index (κ2) is 8.19. The van der Waals surface area contributed by atoms with Crippen molar-refractivity contribution in [3.8, 4) is 0 Å². The van der Waals surface area contributed by atoms with Gasteiger partial charge in [-0.3, -0.25) is 0 Å². The Labute approximate surface area is 149 Å². The van der Waals surface area contributed by atoms with E-state index in [1.807, 2.05) is 35.2 Å². The zero-order valence-electron chi connectivity index (χ0n) is 15.0. The lowest BCUT2D eigenvalue weighted by molar-refractivity contribution is -0.0913. The molecule has 1 amide bonds. The first-order valence-electron chi connectivity index (χ1n) is 9.32. The molecule has 2 unspecified atom stereocenters. The molecule has 2 heterocycles. The van der Waals surface area contributed by atoms with Crippen LogP contribution in [-0.2, 0) is 16.1 Å². The Hall–Kier alpha value is -1.59. The lowest BCUT2D eigenvalue weighted by Gasteiger charge is -2.51. The number of hydrogen-bond donors (Lipinski definition) is 1. The van der Waals surface area contributed by atoms with Gasteiger partial charge in [0.2, 0.25) is 0 Å². The highest BCUT2D eigenvalue weighted by molar-refractivity contribution is 5.69. The first-order valence-corrected chi connectivity index (χ1v) is 9.32. The molecule has 0 radical (unpaired) electrons. The van der Waals surface area contributed by atoms with E-state index >= 15 is 0 Å². The molecule has 2 aliphatic rings. The quantitative estimate of drug-likeness (QED) is 0.800. The van der Waals surface area contributed by atoms with E-state index in [1.54, 1.807) is 7.11 Å². The third-order valence-corrected chi connectivity index (χ3v) is 5.50. The van der Waals surface area contributed by atoms with Crippen molar-refractivity contribution in [2.24, 2.45) is 0 Å². The number of carbonyl (C=O) groups is 1. The van der Waals surface area contributed by atoms with E-state index in [0.29, 0.717) is 26.1 Å². The molecule has 0 saturated carbocycles. The fraction of sp³-hybridized carbons (Fsp3) is 0.650. The summed E-state index contributed by atoms with van der Waals surface area (Å²) in [5.41, 5.74) is 0.318. The van der Waals surface area contributed by atoms with Crippen LogP contribution in [0, 0.1) is 0 Å². The smallest absolute Gasteiger partial charge is 0.410 e. The van der Waals surface area contributed by atoms with Gasteiger partial charge in [-0.1, -0.05) is 30.3 Å². The molecule has 2 atom stereocenters. The number of carbonyl (C=O) groups excluding carboxylic acids is 1. The number of ether oxygens (including phenoxy) is 2. The molecule has 0 aromatic heterocycles. The van der Waals surface area contributed by atoms with Crippen molar-refractivity contribution in [2.45, 2.75) is 69.2 Å². The van der Waals surface area contributed by atoms with Crippen molar-refractivity contribution in [3.05, 3.63) is 35.9 Å². The van der Waals surface area contributed by atoms with Gasteiger partial charge in [-0.05, 0) is 50.5 Å². The van der Waals surface area contributed by atoms with Gasteiger partial charge in [-0.25, -0.2) is 4.79 Å². The minimum atomic E-state index is -0.676. The highest BCUT2D eigenvalue weighted by Gasteiger charge is 2.47. The maximum absolute atomic E-state index is 12.7. The van der Waals surface area contributed by atoms with Gasteiger partial charge in [0.15, 0.2) is 0 Å². The minimum Gasteiger partial charge on any atom is -0.445 e. The fourth-order valence-electron chi connectivity index (χ4n) is 4.37. The summed E-state index contributed by atoms with van der Waals surface area (Å²) in [5.74, 6) is 0. The number of hydrogen-bond acceptors (Lipinski definition) is 4. The molecule has 0 aliphatic carbocycles. The van der Waals surface area contributed by atoms with E-state index in [-0.39, 0.29) is 18.2 Å². The lowest BCUT2D eigenvalue weighted by Crippen LogP contribution is -2.59. The average molecular weight is 347 g/mol. The molecule has 2 bridgehead atoms. The Balaban J connectivity index is 1.60. The van der Waals surface area contributed by atoms with Crippen LogP contribution in [0.15, 0.2) is 30.3 Å². The summed E-state index contributed by atoms with van der Waals surface area (Å²) in [4.78, 5) is 14.6. The number of rotatable bonds is 6. The topological polar surface area (TPSA) is 59.0 Å². The van der Waals surface area contributed by atoms with E-state index < -0.39 is 5.60 Å². The van der Waals surface area contributed by atoms with E-state index in [1.165, 1.54) is 0 Å². The molecule has 1 aromatic rings. The number of methoxy groups -OCH3 is 1. The predicted octanol–water partition coefficient (Wildman–Crippen LogP) is 3.50. The summed E-state index contributed by atoms with van der Waals surface area (Å²) >= 11 is 0. The number of benzene rings is 1. The maximum Gasteiger partial charge on any atom is 0.410 e. The molecule has 2 saturated heterocycles. The van der Waals surface area contributed by atoms with Crippen LogP contribution >= 0.6 is 0 Å². The van der Waals surface area contributed by atoms with Crippen LogP contribution in [0.2, 0.25) is 0 Å². The van der Waals surface area contributed by atoms with Gasteiger partial charge in [-0.2, -0.15) is 0 Å². The normalized spacial score (nSPS) is 28.6. The zero-order valence-corrected chi connectivity index (χ0v) is 15.0.